The molecular weight excluding hydrogens is 202 g/mol. The molecule has 2 rings (SSSR count). The van der Waals surface area contributed by atoms with Gasteiger partial charge in [0, 0.05) is 11.8 Å². The van der Waals surface area contributed by atoms with E-state index < -0.39 is 0 Å². The maximum atomic E-state index is 3.67. The summed E-state index contributed by atoms with van der Waals surface area (Å²) in [6.45, 7) is 5.67. The SMILES string of the molecule is Cc1ccccc1C1CSCC(C)CN1. The largest absolute Gasteiger partial charge is 0.309 e. The summed E-state index contributed by atoms with van der Waals surface area (Å²) in [7, 11) is 0. The van der Waals surface area contributed by atoms with Crippen LogP contribution in [0.3, 0.4) is 0 Å². The Labute approximate surface area is 96.7 Å². The van der Waals surface area contributed by atoms with Gasteiger partial charge < -0.3 is 5.32 Å². The highest BCUT2D eigenvalue weighted by molar-refractivity contribution is 7.99. The highest BCUT2D eigenvalue weighted by atomic mass is 32.2. The molecule has 0 saturated carbocycles. The van der Waals surface area contributed by atoms with Gasteiger partial charge in [0.15, 0.2) is 0 Å². The molecule has 0 aliphatic carbocycles. The van der Waals surface area contributed by atoms with E-state index in [-0.39, 0.29) is 0 Å². The zero-order chi connectivity index (χ0) is 10.7. The van der Waals surface area contributed by atoms with E-state index in [9.17, 15) is 0 Å². The third-order valence-electron chi connectivity index (χ3n) is 2.96. The second-order valence-electron chi connectivity index (χ2n) is 4.46. The molecule has 0 amide bonds. The van der Waals surface area contributed by atoms with Crippen molar-refractivity contribution in [2.45, 2.75) is 19.9 Å². The molecule has 1 aromatic rings. The summed E-state index contributed by atoms with van der Waals surface area (Å²) in [5.74, 6) is 3.29. The fourth-order valence-electron chi connectivity index (χ4n) is 2.03. The average Bonchev–Trinajstić information content (AvgIpc) is 2.44. The van der Waals surface area contributed by atoms with E-state index in [1.165, 1.54) is 22.6 Å². The second kappa shape index (κ2) is 5.04. The first kappa shape index (κ1) is 11.0. The van der Waals surface area contributed by atoms with Gasteiger partial charge in [0.2, 0.25) is 0 Å². The van der Waals surface area contributed by atoms with Crippen LogP contribution in [0.15, 0.2) is 24.3 Å². The minimum Gasteiger partial charge on any atom is -0.309 e. The Morgan fingerprint density at radius 2 is 2.07 bits per heavy atom. The van der Waals surface area contributed by atoms with Gasteiger partial charge in [-0.25, -0.2) is 0 Å². The molecule has 1 aromatic carbocycles. The fraction of sp³-hybridized carbons (Fsp3) is 0.538. The molecule has 2 unspecified atom stereocenters. The van der Waals surface area contributed by atoms with Crippen LogP contribution in [0.25, 0.3) is 0 Å². The van der Waals surface area contributed by atoms with Crippen molar-refractivity contribution in [1.29, 1.82) is 0 Å². The van der Waals surface area contributed by atoms with Gasteiger partial charge in [-0.1, -0.05) is 31.2 Å². The van der Waals surface area contributed by atoms with E-state index in [0.29, 0.717) is 6.04 Å². The summed E-state index contributed by atoms with van der Waals surface area (Å²) in [4.78, 5) is 0. The van der Waals surface area contributed by atoms with Crippen LogP contribution in [0.4, 0.5) is 0 Å². The normalized spacial score (nSPS) is 27.3. The van der Waals surface area contributed by atoms with Gasteiger partial charge in [0.1, 0.15) is 0 Å². The number of hydrogen-bond donors (Lipinski definition) is 1. The first-order valence-corrected chi connectivity index (χ1v) is 6.79. The van der Waals surface area contributed by atoms with Gasteiger partial charge in [-0.05, 0) is 36.3 Å². The van der Waals surface area contributed by atoms with Crippen LogP contribution in [0, 0.1) is 12.8 Å². The van der Waals surface area contributed by atoms with E-state index in [4.69, 9.17) is 0 Å². The van der Waals surface area contributed by atoms with Crippen LogP contribution in [0.5, 0.6) is 0 Å². The molecule has 1 nitrogen and oxygen atoms in total. The quantitative estimate of drug-likeness (QED) is 0.782. The molecule has 0 radical (unpaired) electrons. The smallest absolute Gasteiger partial charge is 0.0414 e. The summed E-state index contributed by atoms with van der Waals surface area (Å²) in [6, 6.07) is 9.26. The third-order valence-corrected chi connectivity index (χ3v) is 4.34. The molecule has 1 fully saturated rings. The summed E-state index contributed by atoms with van der Waals surface area (Å²) in [6.07, 6.45) is 0. The first-order chi connectivity index (χ1) is 7.27. The molecule has 82 valence electrons. The Hall–Kier alpha value is -0.470. The molecule has 0 bridgehead atoms. The Balaban J connectivity index is 2.13. The molecule has 0 aromatic heterocycles. The Bertz CT molecular complexity index is 324. The first-order valence-electron chi connectivity index (χ1n) is 5.64. The number of thioether (sulfide) groups is 1. The Morgan fingerprint density at radius 1 is 1.27 bits per heavy atom. The van der Waals surface area contributed by atoms with E-state index in [1.54, 1.807) is 0 Å². The van der Waals surface area contributed by atoms with Gasteiger partial charge in [-0.2, -0.15) is 11.8 Å². The molecule has 1 saturated heterocycles. The van der Waals surface area contributed by atoms with Gasteiger partial charge >= 0.3 is 0 Å². The van der Waals surface area contributed by atoms with Crippen molar-refractivity contribution in [3.63, 3.8) is 0 Å². The fourth-order valence-corrected chi connectivity index (χ4v) is 3.22. The number of aryl methyl sites for hydroxylation is 1. The van der Waals surface area contributed by atoms with Gasteiger partial charge in [-0.3, -0.25) is 0 Å². The van der Waals surface area contributed by atoms with Gasteiger partial charge in [0.05, 0.1) is 0 Å². The van der Waals surface area contributed by atoms with Crippen molar-refractivity contribution >= 4 is 11.8 Å². The predicted octanol–water partition coefficient (Wildman–Crippen LogP) is 3.01. The van der Waals surface area contributed by atoms with Crippen molar-refractivity contribution in [1.82, 2.24) is 5.32 Å². The molecule has 1 N–H and O–H groups in total. The summed E-state index contributed by atoms with van der Waals surface area (Å²) >= 11 is 2.07. The number of nitrogens with one attached hydrogen (secondary N) is 1. The topological polar surface area (TPSA) is 12.0 Å². The number of rotatable bonds is 1. The molecule has 0 spiro atoms. The lowest BCUT2D eigenvalue weighted by atomic mass is 10.0. The van der Waals surface area contributed by atoms with Crippen molar-refractivity contribution in [2.75, 3.05) is 18.1 Å². The van der Waals surface area contributed by atoms with Crippen molar-refractivity contribution in [2.24, 2.45) is 5.92 Å². The number of benzene rings is 1. The number of hydrogen-bond acceptors (Lipinski definition) is 2. The van der Waals surface area contributed by atoms with Crippen LogP contribution in [0.2, 0.25) is 0 Å². The van der Waals surface area contributed by atoms with E-state index >= 15 is 0 Å². The van der Waals surface area contributed by atoms with Crippen LogP contribution < -0.4 is 5.32 Å². The zero-order valence-corrected chi connectivity index (χ0v) is 10.3. The second-order valence-corrected chi connectivity index (χ2v) is 5.53. The minimum atomic E-state index is 0.543. The molecule has 15 heavy (non-hydrogen) atoms. The lowest BCUT2D eigenvalue weighted by molar-refractivity contribution is 0.516. The summed E-state index contributed by atoms with van der Waals surface area (Å²) in [5.41, 5.74) is 2.88. The van der Waals surface area contributed by atoms with E-state index in [0.717, 1.165) is 12.5 Å². The van der Waals surface area contributed by atoms with Crippen molar-refractivity contribution in [3.8, 4) is 0 Å². The lowest BCUT2D eigenvalue weighted by Gasteiger charge is -2.18. The van der Waals surface area contributed by atoms with Gasteiger partial charge in [-0.15, -0.1) is 0 Å². The van der Waals surface area contributed by atoms with Crippen molar-refractivity contribution in [3.05, 3.63) is 35.4 Å². The third kappa shape index (κ3) is 2.76. The maximum absolute atomic E-state index is 3.67. The highest BCUT2D eigenvalue weighted by Crippen LogP contribution is 2.25. The van der Waals surface area contributed by atoms with Crippen molar-refractivity contribution < 1.29 is 0 Å². The van der Waals surface area contributed by atoms with Crippen LogP contribution >= 0.6 is 11.8 Å². The standard InChI is InChI=1S/C13H19NS/c1-10-7-14-13(9-15-8-10)12-6-4-3-5-11(12)2/h3-6,10,13-14H,7-9H2,1-2H3. The summed E-state index contributed by atoms with van der Waals surface area (Å²) < 4.78 is 0. The molecule has 1 aliphatic rings. The molecule has 2 atom stereocenters. The Kier molecular flexibility index (Phi) is 3.71. The molecule has 2 heteroatoms. The Morgan fingerprint density at radius 3 is 2.87 bits per heavy atom. The van der Waals surface area contributed by atoms with Crippen LogP contribution in [-0.4, -0.2) is 18.1 Å². The van der Waals surface area contributed by atoms with Gasteiger partial charge in [0.25, 0.3) is 0 Å². The van der Waals surface area contributed by atoms with Crippen LogP contribution in [0.1, 0.15) is 24.1 Å². The van der Waals surface area contributed by atoms with E-state index in [2.05, 4.69) is 55.2 Å². The maximum Gasteiger partial charge on any atom is 0.0414 e. The molecule has 1 aliphatic heterocycles. The minimum absolute atomic E-state index is 0.543. The summed E-state index contributed by atoms with van der Waals surface area (Å²) in [5, 5.41) is 3.67. The zero-order valence-electron chi connectivity index (χ0n) is 9.49. The monoisotopic (exact) mass is 221 g/mol. The molecular formula is C13H19NS. The van der Waals surface area contributed by atoms with E-state index in [1.807, 2.05) is 0 Å². The molecule has 1 heterocycles. The highest BCUT2D eigenvalue weighted by Gasteiger charge is 2.18. The van der Waals surface area contributed by atoms with Crippen LogP contribution in [-0.2, 0) is 0 Å². The average molecular weight is 221 g/mol. The lowest BCUT2D eigenvalue weighted by Crippen LogP contribution is -2.26. The predicted molar refractivity (Wildman–Crippen MR) is 68.4 cm³/mol.